The standard InChI is InChI=1S/C16H14.Ti/c1-3-9-15(10-4-1)13-7-8-14-16-11-5-2-6-12-16;/h1-14H;/q;+4. The van der Waals surface area contributed by atoms with Gasteiger partial charge in [0.05, 0.1) is 0 Å². The minimum absolute atomic E-state index is 0. The minimum Gasteiger partial charge on any atom is -0.0622 e. The fourth-order valence-corrected chi connectivity index (χ4v) is 1.46. The minimum atomic E-state index is 0. The fraction of sp³-hybridized carbons (Fsp3) is 0. The van der Waals surface area contributed by atoms with Crippen LogP contribution in [0.5, 0.6) is 0 Å². The van der Waals surface area contributed by atoms with Crippen molar-refractivity contribution in [3.63, 3.8) is 0 Å². The Morgan fingerprint density at radius 2 is 0.882 bits per heavy atom. The van der Waals surface area contributed by atoms with Gasteiger partial charge in [-0.2, -0.15) is 0 Å². The Hall–Kier alpha value is -1.37. The van der Waals surface area contributed by atoms with Gasteiger partial charge >= 0.3 is 21.7 Å². The average Bonchev–Trinajstić information content (AvgIpc) is 2.37. The van der Waals surface area contributed by atoms with Gasteiger partial charge in [-0.05, 0) is 11.1 Å². The molecule has 0 bridgehead atoms. The third-order valence-electron chi connectivity index (χ3n) is 2.29. The molecule has 0 aliphatic heterocycles. The predicted octanol–water partition coefficient (Wildman–Crippen LogP) is 4.41. The Bertz CT molecular complexity index is 422. The molecule has 0 N–H and O–H groups in total. The zero-order valence-corrected chi connectivity index (χ0v) is 11.1. The van der Waals surface area contributed by atoms with Gasteiger partial charge in [0.1, 0.15) is 0 Å². The first-order valence-corrected chi connectivity index (χ1v) is 5.40. The van der Waals surface area contributed by atoms with Crippen molar-refractivity contribution in [2.24, 2.45) is 0 Å². The number of allylic oxidation sites excluding steroid dienone is 2. The van der Waals surface area contributed by atoms with E-state index >= 15 is 0 Å². The van der Waals surface area contributed by atoms with Gasteiger partial charge in [0.25, 0.3) is 0 Å². The zero-order chi connectivity index (χ0) is 11.1. The summed E-state index contributed by atoms with van der Waals surface area (Å²) < 4.78 is 0. The summed E-state index contributed by atoms with van der Waals surface area (Å²) in [6.45, 7) is 0. The topological polar surface area (TPSA) is 0 Å². The van der Waals surface area contributed by atoms with Crippen molar-refractivity contribution in [1.82, 2.24) is 0 Å². The molecular weight excluding hydrogens is 240 g/mol. The van der Waals surface area contributed by atoms with Crippen LogP contribution in [-0.4, -0.2) is 0 Å². The summed E-state index contributed by atoms with van der Waals surface area (Å²) in [7, 11) is 0. The fourth-order valence-electron chi connectivity index (χ4n) is 1.46. The Labute approximate surface area is 118 Å². The molecule has 0 amide bonds. The van der Waals surface area contributed by atoms with E-state index in [1.807, 2.05) is 36.4 Å². The second-order valence-electron chi connectivity index (χ2n) is 3.54. The maximum Gasteiger partial charge on any atom is 4.00 e. The van der Waals surface area contributed by atoms with E-state index < -0.39 is 0 Å². The summed E-state index contributed by atoms with van der Waals surface area (Å²) in [5, 5.41) is 0. The van der Waals surface area contributed by atoms with Crippen LogP contribution in [0, 0.1) is 0 Å². The van der Waals surface area contributed by atoms with Crippen LogP contribution in [0.25, 0.3) is 12.2 Å². The molecule has 78 valence electrons. The van der Waals surface area contributed by atoms with Crippen molar-refractivity contribution in [2.45, 2.75) is 0 Å². The molecule has 2 rings (SSSR count). The number of hydrogen-bond donors (Lipinski definition) is 0. The largest absolute Gasteiger partial charge is 4.00 e. The van der Waals surface area contributed by atoms with E-state index in [9.17, 15) is 0 Å². The molecule has 0 fully saturated rings. The maximum atomic E-state index is 2.10. The summed E-state index contributed by atoms with van der Waals surface area (Å²) in [4.78, 5) is 0. The van der Waals surface area contributed by atoms with Gasteiger partial charge in [0.2, 0.25) is 0 Å². The first-order chi connectivity index (χ1) is 7.95. The van der Waals surface area contributed by atoms with E-state index in [1.165, 1.54) is 11.1 Å². The van der Waals surface area contributed by atoms with Crippen LogP contribution in [-0.2, 0) is 21.7 Å². The summed E-state index contributed by atoms with van der Waals surface area (Å²) in [6.07, 6.45) is 8.31. The summed E-state index contributed by atoms with van der Waals surface area (Å²) in [5.41, 5.74) is 2.44. The zero-order valence-electron chi connectivity index (χ0n) is 9.58. The molecule has 0 aliphatic rings. The average molecular weight is 254 g/mol. The molecule has 1 heteroatoms. The second-order valence-corrected chi connectivity index (χ2v) is 3.54. The van der Waals surface area contributed by atoms with Crippen LogP contribution >= 0.6 is 0 Å². The van der Waals surface area contributed by atoms with E-state index in [1.54, 1.807) is 0 Å². The first-order valence-electron chi connectivity index (χ1n) is 5.40. The Balaban J connectivity index is 0.00000144. The molecule has 0 unspecified atom stereocenters. The van der Waals surface area contributed by atoms with Crippen LogP contribution in [0.2, 0.25) is 0 Å². The molecule has 0 radical (unpaired) electrons. The van der Waals surface area contributed by atoms with Crippen LogP contribution in [0.15, 0.2) is 72.8 Å². The molecule has 2 aromatic carbocycles. The van der Waals surface area contributed by atoms with Gasteiger partial charge in [-0.15, -0.1) is 0 Å². The Morgan fingerprint density at radius 1 is 0.529 bits per heavy atom. The van der Waals surface area contributed by atoms with E-state index in [0.29, 0.717) is 0 Å². The smallest absolute Gasteiger partial charge is 0.0622 e. The molecule has 0 spiro atoms. The Morgan fingerprint density at radius 3 is 1.24 bits per heavy atom. The van der Waals surface area contributed by atoms with Crippen molar-refractivity contribution < 1.29 is 21.7 Å². The molecular formula is C16H14Ti+4. The van der Waals surface area contributed by atoms with E-state index in [0.717, 1.165) is 0 Å². The van der Waals surface area contributed by atoms with Crippen LogP contribution in [0.4, 0.5) is 0 Å². The van der Waals surface area contributed by atoms with Gasteiger partial charge in [0, 0.05) is 0 Å². The number of benzene rings is 2. The predicted molar refractivity (Wildman–Crippen MR) is 71.0 cm³/mol. The van der Waals surface area contributed by atoms with Gasteiger partial charge in [-0.3, -0.25) is 0 Å². The SMILES string of the molecule is C(C=Cc1ccccc1)=Cc1ccccc1.[Ti+4]. The summed E-state index contributed by atoms with van der Waals surface area (Å²) in [6, 6.07) is 20.6. The second kappa shape index (κ2) is 7.83. The third-order valence-corrected chi connectivity index (χ3v) is 2.29. The van der Waals surface area contributed by atoms with Gasteiger partial charge in [-0.25, -0.2) is 0 Å². The quantitative estimate of drug-likeness (QED) is 0.562. The molecule has 0 heterocycles. The maximum absolute atomic E-state index is 2.10. The van der Waals surface area contributed by atoms with Crippen molar-refractivity contribution >= 4 is 12.2 Å². The summed E-state index contributed by atoms with van der Waals surface area (Å²) in [5.74, 6) is 0. The molecule has 0 atom stereocenters. The van der Waals surface area contributed by atoms with Crippen LogP contribution < -0.4 is 0 Å². The Kier molecular flexibility index (Phi) is 6.31. The van der Waals surface area contributed by atoms with Gasteiger partial charge in [0.15, 0.2) is 0 Å². The van der Waals surface area contributed by atoms with Crippen LogP contribution in [0.3, 0.4) is 0 Å². The van der Waals surface area contributed by atoms with Crippen molar-refractivity contribution in [2.75, 3.05) is 0 Å². The number of rotatable bonds is 3. The summed E-state index contributed by atoms with van der Waals surface area (Å²) >= 11 is 0. The van der Waals surface area contributed by atoms with Gasteiger partial charge in [-0.1, -0.05) is 85.0 Å². The molecule has 0 saturated carbocycles. The molecule has 0 nitrogen and oxygen atoms in total. The van der Waals surface area contributed by atoms with E-state index in [4.69, 9.17) is 0 Å². The van der Waals surface area contributed by atoms with Crippen molar-refractivity contribution in [3.05, 3.63) is 83.9 Å². The monoisotopic (exact) mass is 254 g/mol. The van der Waals surface area contributed by atoms with Crippen LogP contribution in [0.1, 0.15) is 11.1 Å². The molecule has 17 heavy (non-hydrogen) atoms. The molecule has 0 saturated heterocycles. The van der Waals surface area contributed by atoms with E-state index in [-0.39, 0.29) is 21.7 Å². The first kappa shape index (κ1) is 13.7. The third kappa shape index (κ3) is 4.99. The molecule has 2 aromatic rings. The van der Waals surface area contributed by atoms with Gasteiger partial charge < -0.3 is 0 Å². The van der Waals surface area contributed by atoms with Crippen molar-refractivity contribution in [3.8, 4) is 0 Å². The molecule has 0 aliphatic carbocycles. The molecule has 0 aromatic heterocycles. The normalized spacial score (nSPS) is 10.6. The van der Waals surface area contributed by atoms with E-state index in [2.05, 4.69) is 48.6 Å². The van der Waals surface area contributed by atoms with Crippen molar-refractivity contribution in [1.29, 1.82) is 0 Å². The number of hydrogen-bond acceptors (Lipinski definition) is 0.